The van der Waals surface area contributed by atoms with E-state index in [0.717, 1.165) is 24.3 Å². The third-order valence-corrected chi connectivity index (χ3v) is 3.63. The van der Waals surface area contributed by atoms with Gasteiger partial charge in [0.25, 0.3) is 0 Å². The normalized spacial score (nSPS) is 11.5. The van der Waals surface area contributed by atoms with Gasteiger partial charge >= 0.3 is 0 Å². The van der Waals surface area contributed by atoms with Gasteiger partial charge in [-0.1, -0.05) is 49.7 Å². The van der Waals surface area contributed by atoms with Gasteiger partial charge in [0, 0.05) is 11.8 Å². The molecule has 0 saturated heterocycles. The van der Waals surface area contributed by atoms with Gasteiger partial charge in [0.2, 0.25) is 0 Å². The topological polar surface area (TPSA) is 33.3 Å². The van der Waals surface area contributed by atoms with Crippen molar-refractivity contribution in [2.45, 2.75) is 25.8 Å². The van der Waals surface area contributed by atoms with Crippen LogP contribution in [0.25, 0.3) is 0 Å². The quantitative estimate of drug-likeness (QED) is 0.768. The monoisotopic (exact) mass is 314 g/mol. The summed E-state index contributed by atoms with van der Waals surface area (Å²) in [6.45, 7) is 2.18. The lowest BCUT2D eigenvalue weighted by molar-refractivity contribution is 0.415. The highest BCUT2D eigenvalue weighted by atomic mass is 32.1. The molecule has 2 N–H and O–H groups in total. The van der Waals surface area contributed by atoms with Crippen LogP contribution in [0.5, 0.6) is 5.75 Å². The van der Waals surface area contributed by atoms with Crippen molar-refractivity contribution in [2.24, 2.45) is 0 Å². The fourth-order valence-electron chi connectivity index (χ4n) is 2.32. The second-order valence-electron chi connectivity index (χ2n) is 5.08. The molecule has 0 amide bonds. The van der Waals surface area contributed by atoms with Crippen LogP contribution in [-0.2, 0) is 0 Å². The standard InChI is InChI=1S/C18H22N2OS/c1-3-8-17(14-9-5-4-6-10-14)20-18(22)19-15-11-7-12-16(13-15)21-2/h4-7,9-13,17H,3,8H2,1-2H3,(H2,19,20,22)/t17-/m0/s1. The summed E-state index contributed by atoms with van der Waals surface area (Å²) < 4.78 is 5.22. The number of rotatable bonds is 6. The molecule has 3 nitrogen and oxygen atoms in total. The smallest absolute Gasteiger partial charge is 0.171 e. The fourth-order valence-corrected chi connectivity index (χ4v) is 2.58. The second kappa shape index (κ2) is 8.39. The number of hydrogen-bond acceptors (Lipinski definition) is 2. The first kappa shape index (κ1) is 16.3. The lowest BCUT2D eigenvalue weighted by Gasteiger charge is -2.21. The minimum Gasteiger partial charge on any atom is -0.497 e. The molecule has 0 spiro atoms. The highest BCUT2D eigenvalue weighted by Gasteiger charge is 2.11. The number of ether oxygens (including phenoxy) is 1. The summed E-state index contributed by atoms with van der Waals surface area (Å²) in [5, 5.41) is 7.24. The maximum atomic E-state index is 5.44. The first-order valence-corrected chi connectivity index (χ1v) is 7.90. The van der Waals surface area contributed by atoms with E-state index in [1.165, 1.54) is 5.56 Å². The van der Waals surface area contributed by atoms with Crippen LogP contribution in [0, 0.1) is 0 Å². The molecule has 0 aliphatic rings. The number of thiocarbonyl (C=S) groups is 1. The number of hydrogen-bond donors (Lipinski definition) is 2. The van der Waals surface area contributed by atoms with E-state index in [1.54, 1.807) is 7.11 Å². The predicted molar refractivity (Wildman–Crippen MR) is 96.4 cm³/mol. The predicted octanol–water partition coefficient (Wildman–Crippen LogP) is 4.52. The van der Waals surface area contributed by atoms with Crippen molar-refractivity contribution >= 4 is 23.0 Å². The van der Waals surface area contributed by atoms with E-state index in [0.29, 0.717) is 5.11 Å². The van der Waals surface area contributed by atoms with Gasteiger partial charge in [-0.2, -0.15) is 0 Å². The number of anilines is 1. The van der Waals surface area contributed by atoms with E-state index < -0.39 is 0 Å². The van der Waals surface area contributed by atoms with Crippen molar-refractivity contribution in [3.63, 3.8) is 0 Å². The summed E-state index contributed by atoms with van der Waals surface area (Å²) in [4.78, 5) is 0. The van der Waals surface area contributed by atoms with Gasteiger partial charge in [-0.05, 0) is 36.3 Å². The molecule has 0 aromatic heterocycles. The Morgan fingerprint density at radius 3 is 2.59 bits per heavy atom. The second-order valence-corrected chi connectivity index (χ2v) is 5.49. The first-order chi connectivity index (χ1) is 10.7. The van der Waals surface area contributed by atoms with Crippen LogP contribution in [0.15, 0.2) is 54.6 Å². The minimum absolute atomic E-state index is 0.219. The molecule has 0 bridgehead atoms. The number of benzene rings is 2. The van der Waals surface area contributed by atoms with Crippen LogP contribution in [0.2, 0.25) is 0 Å². The van der Waals surface area contributed by atoms with Gasteiger partial charge in [-0.15, -0.1) is 0 Å². The van der Waals surface area contributed by atoms with Gasteiger partial charge in [-0.3, -0.25) is 0 Å². The highest BCUT2D eigenvalue weighted by Crippen LogP contribution is 2.20. The third kappa shape index (κ3) is 4.74. The lowest BCUT2D eigenvalue weighted by atomic mass is 10.0. The molecule has 0 aliphatic carbocycles. The Morgan fingerprint density at radius 1 is 1.14 bits per heavy atom. The fraction of sp³-hybridized carbons (Fsp3) is 0.278. The summed E-state index contributed by atoms with van der Waals surface area (Å²) in [5.41, 5.74) is 2.17. The molecule has 0 saturated carbocycles. The lowest BCUT2D eigenvalue weighted by Crippen LogP contribution is -2.32. The van der Waals surface area contributed by atoms with Crippen molar-refractivity contribution in [2.75, 3.05) is 12.4 Å². The molecule has 1 atom stereocenters. The molecule has 0 heterocycles. The number of nitrogens with one attached hydrogen (secondary N) is 2. The van der Waals surface area contributed by atoms with E-state index in [1.807, 2.05) is 30.3 Å². The van der Waals surface area contributed by atoms with Crippen LogP contribution < -0.4 is 15.4 Å². The van der Waals surface area contributed by atoms with Crippen LogP contribution in [0.3, 0.4) is 0 Å². The molecule has 2 aromatic carbocycles. The first-order valence-electron chi connectivity index (χ1n) is 7.49. The molecule has 0 aliphatic heterocycles. The zero-order valence-corrected chi connectivity index (χ0v) is 13.8. The van der Waals surface area contributed by atoms with Crippen molar-refractivity contribution in [1.29, 1.82) is 0 Å². The van der Waals surface area contributed by atoms with Gasteiger partial charge in [0.15, 0.2) is 5.11 Å². The zero-order chi connectivity index (χ0) is 15.8. The maximum Gasteiger partial charge on any atom is 0.171 e. The Hall–Kier alpha value is -2.07. The van der Waals surface area contributed by atoms with Crippen molar-refractivity contribution in [3.05, 3.63) is 60.2 Å². The highest BCUT2D eigenvalue weighted by molar-refractivity contribution is 7.80. The van der Waals surface area contributed by atoms with Gasteiger partial charge < -0.3 is 15.4 Å². The molecular formula is C18H22N2OS. The summed E-state index contributed by atoms with van der Waals surface area (Å²) in [6, 6.07) is 18.3. The molecular weight excluding hydrogens is 292 g/mol. The van der Waals surface area contributed by atoms with Gasteiger partial charge in [0.1, 0.15) is 5.75 Å². The molecule has 0 radical (unpaired) electrons. The van der Waals surface area contributed by atoms with Gasteiger partial charge in [0.05, 0.1) is 13.2 Å². The minimum atomic E-state index is 0.219. The Kier molecular flexibility index (Phi) is 6.22. The van der Waals surface area contributed by atoms with Crippen LogP contribution in [0.1, 0.15) is 31.4 Å². The van der Waals surface area contributed by atoms with Crippen LogP contribution >= 0.6 is 12.2 Å². The summed E-state index contributed by atoms with van der Waals surface area (Å²) >= 11 is 5.44. The van der Waals surface area contributed by atoms with Crippen LogP contribution in [-0.4, -0.2) is 12.2 Å². The average Bonchev–Trinajstić information content (AvgIpc) is 2.55. The Bertz CT molecular complexity index is 601. The van der Waals surface area contributed by atoms with Crippen molar-refractivity contribution in [1.82, 2.24) is 5.32 Å². The Morgan fingerprint density at radius 2 is 1.91 bits per heavy atom. The van der Waals surface area contributed by atoms with Crippen LogP contribution in [0.4, 0.5) is 5.69 Å². The molecule has 2 aromatic rings. The maximum absolute atomic E-state index is 5.44. The number of methoxy groups -OCH3 is 1. The van der Waals surface area contributed by atoms with Gasteiger partial charge in [-0.25, -0.2) is 0 Å². The zero-order valence-electron chi connectivity index (χ0n) is 13.0. The molecule has 22 heavy (non-hydrogen) atoms. The molecule has 0 fully saturated rings. The van der Waals surface area contributed by atoms with Crippen molar-refractivity contribution in [3.8, 4) is 5.75 Å². The van der Waals surface area contributed by atoms with E-state index in [9.17, 15) is 0 Å². The summed E-state index contributed by atoms with van der Waals surface area (Å²) in [7, 11) is 1.66. The Labute approximate surface area is 137 Å². The molecule has 4 heteroatoms. The summed E-state index contributed by atoms with van der Waals surface area (Å²) in [6.07, 6.45) is 2.12. The SMILES string of the molecule is CCC[C@H](NC(=S)Nc1cccc(OC)c1)c1ccccc1. The molecule has 2 rings (SSSR count). The average molecular weight is 314 g/mol. The van der Waals surface area contributed by atoms with E-state index in [4.69, 9.17) is 17.0 Å². The van der Waals surface area contributed by atoms with E-state index >= 15 is 0 Å². The van der Waals surface area contributed by atoms with Crippen molar-refractivity contribution < 1.29 is 4.74 Å². The molecule has 0 unspecified atom stereocenters. The third-order valence-electron chi connectivity index (χ3n) is 3.41. The largest absolute Gasteiger partial charge is 0.497 e. The Balaban J connectivity index is 2.02. The summed E-state index contributed by atoms with van der Waals surface area (Å²) in [5.74, 6) is 0.806. The van der Waals surface area contributed by atoms with E-state index in [2.05, 4.69) is 41.8 Å². The van der Waals surface area contributed by atoms with E-state index in [-0.39, 0.29) is 6.04 Å². The molecule has 116 valence electrons.